The topological polar surface area (TPSA) is 110 Å². The maximum atomic E-state index is 13.8. The van der Waals surface area contributed by atoms with Gasteiger partial charge >= 0.3 is 5.97 Å². The van der Waals surface area contributed by atoms with Crippen molar-refractivity contribution in [1.29, 1.82) is 0 Å². The number of rotatable bonds is 11. The number of ether oxygens (including phenoxy) is 1. The van der Waals surface area contributed by atoms with Gasteiger partial charge in [0.05, 0.1) is 7.11 Å². The molecule has 3 aromatic carbocycles. The van der Waals surface area contributed by atoms with Crippen molar-refractivity contribution in [3.63, 3.8) is 0 Å². The van der Waals surface area contributed by atoms with E-state index < -0.39 is 35.2 Å². The molecular weight excluding hydrogens is 475 g/mol. The molecule has 0 aliphatic carbocycles. The lowest BCUT2D eigenvalue weighted by Gasteiger charge is -2.42. The Morgan fingerprint density at radius 3 is 2.22 bits per heavy atom. The molecule has 3 N–H and O–H groups in total. The SMILES string of the molecule is COc1cccc(-c2ccc(C(=O)N([C@@H](CCC(N)=O)C(=O)O)C(C)(C)Cc3ccc(F)cc3)cc2)c1. The number of aliphatic carboxylic acids is 1. The Kier molecular flexibility index (Phi) is 8.65. The highest BCUT2D eigenvalue weighted by molar-refractivity contribution is 5.97. The molecule has 8 heteroatoms. The number of hydrogen-bond acceptors (Lipinski definition) is 4. The zero-order chi connectivity index (χ0) is 27.2. The largest absolute Gasteiger partial charge is 0.497 e. The van der Waals surface area contributed by atoms with E-state index in [0.29, 0.717) is 11.3 Å². The number of primary amides is 1. The number of carbonyl (C=O) groups is 3. The minimum Gasteiger partial charge on any atom is -0.497 e. The lowest BCUT2D eigenvalue weighted by Crippen LogP contribution is -2.57. The molecule has 0 heterocycles. The highest BCUT2D eigenvalue weighted by Gasteiger charge is 2.40. The summed E-state index contributed by atoms with van der Waals surface area (Å²) < 4.78 is 18.7. The Hall–Kier alpha value is -4.20. The molecular formula is C29H31FN2O5. The average molecular weight is 507 g/mol. The summed E-state index contributed by atoms with van der Waals surface area (Å²) in [6, 6.07) is 18.9. The lowest BCUT2D eigenvalue weighted by atomic mass is 9.89. The van der Waals surface area contributed by atoms with Crippen molar-refractivity contribution < 1.29 is 28.6 Å². The number of benzene rings is 3. The van der Waals surface area contributed by atoms with Crippen molar-refractivity contribution >= 4 is 17.8 Å². The molecule has 0 aliphatic rings. The molecule has 194 valence electrons. The van der Waals surface area contributed by atoms with Crippen molar-refractivity contribution in [3.05, 3.63) is 89.7 Å². The molecule has 37 heavy (non-hydrogen) atoms. The van der Waals surface area contributed by atoms with Crippen LogP contribution in [0.2, 0.25) is 0 Å². The summed E-state index contributed by atoms with van der Waals surface area (Å²) >= 11 is 0. The number of methoxy groups -OCH3 is 1. The smallest absolute Gasteiger partial charge is 0.326 e. The van der Waals surface area contributed by atoms with Gasteiger partial charge in [-0.2, -0.15) is 0 Å². The molecule has 0 saturated heterocycles. The molecule has 3 aromatic rings. The van der Waals surface area contributed by atoms with E-state index in [9.17, 15) is 23.9 Å². The molecule has 0 spiro atoms. The number of amides is 2. The summed E-state index contributed by atoms with van der Waals surface area (Å²) in [7, 11) is 1.58. The standard InChI is InChI=1S/C29H31FN2O5/c1-29(2,18-19-7-13-23(30)14-8-19)32(25(28(35)36)15-16-26(31)33)27(34)21-11-9-20(10-12-21)22-5-4-6-24(17-22)37-3/h4-14,17,25H,15-16,18H2,1-3H3,(H2,31,33)(H,35,36)/t25-/m0/s1. The van der Waals surface area contributed by atoms with Crippen LogP contribution < -0.4 is 10.5 Å². The van der Waals surface area contributed by atoms with E-state index in [2.05, 4.69) is 0 Å². The van der Waals surface area contributed by atoms with Gasteiger partial charge in [0, 0.05) is 17.5 Å². The van der Waals surface area contributed by atoms with Gasteiger partial charge < -0.3 is 20.5 Å². The van der Waals surface area contributed by atoms with Crippen molar-refractivity contribution in [2.75, 3.05) is 7.11 Å². The lowest BCUT2D eigenvalue weighted by molar-refractivity contribution is -0.144. The van der Waals surface area contributed by atoms with Crippen molar-refractivity contribution in [1.82, 2.24) is 4.90 Å². The van der Waals surface area contributed by atoms with Crippen LogP contribution in [0.5, 0.6) is 5.75 Å². The highest BCUT2D eigenvalue weighted by Crippen LogP contribution is 2.29. The quantitative estimate of drug-likeness (QED) is 0.392. The Morgan fingerprint density at radius 2 is 1.65 bits per heavy atom. The maximum Gasteiger partial charge on any atom is 0.326 e. The molecule has 0 aromatic heterocycles. The second kappa shape index (κ2) is 11.7. The summed E-state index contributed by atoms with van der Waals surface area (Å²) in [5.41, 5.74) is 7.07. The number of carboxylic acids is 1. The van der Waals surface area contributed by atoms with E-state index in [1.165, 1.54) is 17.0 Å². The molecule has 3 rings (SSSR count). The molecule has 0 bridgehead atoms. The van der Waals surface area contributed by atoms with Crippen LogP contribution in [0.3, 0.4) is 0 Å². The predicted octanol–water partition coefficient (Wildman–Crippen LogP) is 4.68. The Labute approximate surface area is 215 Å². The average Bonchev–Trinajstić information content (AvgIpc) is 2.87. The van der Waals surface area contributed by atoms with E-state index >= 15 is 0 Å². The summed E-state index contributed by atoms with van der Waals surface area (Å²) in [6.45, 7) is 3.50. The third-order valence-corrected chi connectivity index (χ3v) is 6.22. The van der Waals surface area contributed by atoms with Crippen LogP contribution in [-0.4, -0.2) is 46.5 Å². The van der Waals surface area contributed by atoms with Crippen LogP contribution in [0.4, 0.5) is 4.39 Å². The van der Waals surface area contributed by atoms with Gasteiger partial charge in [-0.1, -0.05) is 36.4 Å². The van der Waals surface area contributed by atoms with Crippen molar-refractivity contribution in [2.24, 2.45) is 5.73 Å². The summed E-state index contributed by atoms with van der Waals surface area (Å²) in [6.07, 6.45) is -0.0609. The van der Waals surface area contributed by atoms with E-state index in [-0.39, 0.29) is 19.3 Å². The molecule has 7 nitrogen and oxygen atoms in total. The first kappa shape index (κ1) is 27.4. The van der Waals surface area contributed by atoms with Crippen molar-refractivity contribution in [2.45, 2.75) is 44.7 Å². The summed E-state index contributed by atoms with van der Waals surface area (Å²) in [5.74, 6) is -2.09. The van der Waals surface area contributed by atoms with Crippen LogP contribution in [0.1, 0.15) is 42.6 Å². The van der Waals surface area contributed by atoms with Gasteiger partial charge in [0.1, 0.15) is 17.6 Å². The highest BCUT2D eigenvalue weighted by atomic mass is 19.1. The minimum atomic E-state index is -1.30. The van der Waals surface area contributed by atoms with Crippen LogP contribution in [0.25, 0.3) is 11.1 Å². The van der Waals surface area contributed by atoms with Gasteiger partial charge in [-0.25, -0.2) is 9.18 Å². The zero-order valence-corrected chi connectivity index (χ0v) is 21.1. The second-order valence-corrected chi connectivity index (χ2v) is 9.46. The van der Waals surface area contributed by atoms with E-state index in [1.54, 1.807) is 57.4 Å². The van der Waals surface area contributed by atoms with Crippen LogP contribution in [0.15, 0.2) is 72.8 Å². The van der Waals surface area contributed by atoms with E-state index in [1.807, 2.05) is 24.3 Å². The van der Waals surface area contributed by atoms with Gasteiger partial charge in [-0.05, 0) is 79.8 Å². The van der Waals surface area contributed by atoms with Crippen molar-refractivity contribution in [3.8, 4) is 16.9 Å². The number of nitrogens with two attached hydrogens (primary N) is 1. The first-order valence-electron chi connectivity index (χ1n) is 11.9. The van der Waals surface area contributed by atoms with Crippen LogP contribution >= 0.6 is 0 Å². The third kappa shape index (κ3) is 6.94. The Balaban J connectivity index is 1.98. The van der Waals surface area contributed by atoms with Gasteiger partial charge in [0.25, 0.3) is 5.91 Å². The molecule has 1 atom stereocenters. The van der Waals surface area contributed by atoms with E-state index in [0.717, 1.165) is 16.7 Å². The fourth-order valence-electron chi connectivity index (χ4n) is 4.41. The number of carboxylic acid groups (broad SMARTS) is 1. The second-order valence-electron chi connectivity index (χ2n) is 9.46. The molecule has 2 amide bonds. The van der Waals surface area contributed by atoms with Gasteiger partial charge in [-0.15, -0.1) is 0 Å². The fourth-order valence-corrected chi connectivity index (χ4v) is 4.41. The third-order valence-electron chi connectivity index (χ3n) is 6.22. The predicted molar refractivity (Wildman–Crippen MR) is 139 cm³/mol. The van der Waals surface area contributed by atoms with Gasteiger partial charge in [0.2, 0.25) is 5.91 Å². The first-order valence-corrected chi connectivity index (χ1v) is 11.9. The number of carbonyl (C=O) groups excluding carboxylic acids is 2. The zero-order valence-electron chi connectivity index (χ0n) is 21.1. The van der Waals surface area contributed by atoms with Gasteiger partial charge in [-0.3, -0.25) is 9.59 Å². The number of hydrogen-bond donors (Lipinski definition) is 2. The molecule has 0 unspecified atom stereocenters. The first-order chi connectivity index (χ1) is 17.5. The maximum absolute atomic E-state index is 13.8. The fraction of sp³-hybridized carbons (Fsp3) is 0.276. The monoisotopic (exact) mass is 506 g/mol. The normalized spacial score (nSPS) is 12.0. The molecule has 0 aliphatic heterocycles. The Morgan fingerprint density at radius 1 is 1.00 bits per heavy atom. The Bertz CT molecular complexity index is 1260. The van der Waals surface area contributed by atoms with Gasteiger partial charge in [0.15, 0.2) is 0 Å². The summed E-state index contributed by atoms with van der Waals surface area (Å²) in [4.78, 5) is 38.9. The molecule has 0 radical (unpaired) electrons. The number of nitrogens with zero attached hydrogens (tertiary/aromatic N) is 1. The van der Waals surface area contributed by atoms with E-state index in [4.69, 9.17) is 10.5 Å². The summed E-state index contributed by atoms with van der Waals surface area (Å²) in [5, 5.41) is 10.1. The van der Waals surface area contributed by atoms with Crippen LogP contribution in [0, 0.1) is 5.82 Å². The minimum absolute atomic E-state index is 0.134. The van der Waals surface area contributed by atoms with Crippen LogP contribution in [-0.2, 0) is 16.0 Å². The molecule has 0 saturated carbocycles. The molecule has 0 fully saturated rings. The number of halogens is 1.